The molecule has 0 saturated carbocycles. The van der Waals surface area contributed by atoms with Crippen LogP contribution in [0.2, 0.25) is 5.02 Å². The molecule has 1 aromatic heterocycles. The highest BCUT2D eigenvalue weighted by Crippen LogP contribution is 2.39. The third-order valence-corrected chi connectivity index (χ3v) is 6.04. The molecular formula is C23H23ClN2O3S. The maximum Gasteiger partial charge on any atom is 0.270 e. The molecule has 7 heteroatoms. The summed E-state index contributed by atoms with van der Waals surface area (Å²) in [6.45, 7) is 7.34. The van der Waals surface area contributed by atoms with Crippen LogP contribution in [0, 0.1) is 5.41 Å². The lowest BCUT2D eigenvalue weighted by atomic mass is 9.99. The molecule has 0 N–H and O–H groups in total. The molecule has 1 aliphatic heterocycles. The maximum absolute atomic E-state index is 13.0. The first-order chi connectivity index (χ1) is 14.2. The summed E-state index contributed by atoms with van der Waals surface area (Å²) in [6, 6.07) is 13.1. The van der Waals surface area contributed by atoms with E-state index in [0.717, 1.165) is 22.0 Å². The van der Waals surface area contributed by atoms with Gasteiger partial charge in [-0.3, -0.25) is 4.79 Å². The van der Waals surface area contributed by atoms with E-state index in [0.29, 0.717) is 34.6 Å². The number of aromatic nitrogens is 1. The smallest absolute Gasteiger partial charge is 0.270 e. The molecule has 1 aliphatic rings. The Morgan fingerprint density at radius 3 is 2.50 bits per heavy atom. The highest BCUT2D eigenvalue weighted by atomic mass is 35.5. The van der Waals surface area contributed by atoms with Gasteiger partial charge in [0.2, 0.25) is 0 Å². The van der Waals surface area contributed by atoms with Crippen LogP contribution in [-0.4, -0.2) is 24.6 Å². The van der Waals surface area contributed by atoms with Crippen molar-refractivity contribution in [2.45, 2.75) is 27.3 Å². The number of anilines is 1. The number of methoxy groups -OCH3 is 1. The van der Waals surface area contributed by atoms with Gasteiger partial charge in [-0.25, -0.2) is 4.98 Å². The first-order valence-corrected chi connectivity index (χ1v) is 10.8. The van der Waals surface area contributed by atoms with E-state index in [1.54, 1.807) is 12.0 Å². The van der Waals surface area contributed by atoms with Gasteiger partial charge < -0.3 is 14.4 Å². The summed E-state index contributed by atoms with van der Waals surface area (Å²) >= 11 is 7.38. The Bertz CT molecular complexity index is 1090. The third kappa shape index (κ3) is 4.16. The van der Waals surface area contributed by atoms with Crippen molar-refractivity contribution in [3.63, 3.8) is 0 Å². The third-order valence-electron chi connectivity index (χ3n) is 4.66. The zero-order valence-corrected chi connectivity index (χ0v) is 18.9. The Morgan fingerprint density at radius 2 is 1.87 bits per heavy atom. The summed E-state index contributed by atoms with van der Waals surface area (Å²) < 4.78 is 11.4. The van der Waals surface area contributed by atoms with Gasteiger partial charge in [0.15, 0.2) is 11.5 Å². The minimum absolute atomic E-state index is 0.0380. The first-order valence-electron chi connectivity index (χ1n) is 9.63. The monoisotopic (exact) mass is 442 g/mol. The van der Waals surface area contributed by atoms with Crippen LogP contribution in [-0.2, 0) is 6.54 Å². The molecule has 1 amide bonds. The van der Waals surface area contributed by atoms with Crippen LogP contribution in [0.5, 0.6) is 11.5 Å². The molecule has 0 saturated heterocycles. The Labute approximate surface area is 185 Å². The van der Waals surface area contributed by atoms with E-state index in [9.17, 15) is 4.79 Å². The SMILES string of the molecule is COc1cc(N2Cc3nc(-c4ccc(Cl)cc4)sc3C2=O)ccc1OCC(C)(C)C. The van der Waals surface area contributed by atoms with Gasteiger partial charge in [-0.1, -0.05) is 44.5 Å². The second kappa shape index (κ2) is 7.93. The van der Waals surface area contributed by atoms with Gasteiger partial charge in [-0.05, 0) is 29.7 Å². The van der Waals surface area contributed by atoms with Gasteiger partial charge in [0.1, 0.15) is 9.88 Å². The molecule has 0 spiro atoms. The van der Waals surface area contributed by atoms with Crippen molar-refractivity contribution in [3.05, 3.63) is 58.1 Å². The summed E-state index contributed by atoms with van der Waals surface area (Å²) in [6.07, 6.45) is 0. The van der Waals surface area contributed by atoms with Crippen LogP contribution < -0.4 is 14.4 Å². The Morgan fingerprint density at radius 1 is 1.13 bits per heavy atom. The van der Waals surface area contributed by atoms with Crippen LogP contribution in [0.25, 0.3) is 10.6 Å². The fourth-order valence-corrected chi connectivity index (χ4v) is 4.29. The molecule has 30 heavy (non-hydrogen) atoms. The van der Waals surface area contributed by atoms with E-state index >= 15 is 0 Å². The average Bonchev–Trinajstić information content (AvgIpc) is 3.26. The quantitative estimate of drug-likeness (QED) is 0.482. The number of ether oxygens (including phenoxy) is 2. The molecule has 4 rings (SSSR count). The molecule has 0 radical (unpaired) electrons. The van der Waals surface area contributed by atoms with E-state index in [2.05, 4.69) is 20.8 Å². The number of thiazole rings is 1. The standard InChI is InChI=1S/C23H23ClN2O3S/c1-23(2,3)13-29-18-10-9-16(11-19(18)28-4)26-12-17-20(22(26)27)30-21(25-17)14-5-7-15(24)8-6-14/h5-11H,12-13H2,1-4H3. The summed E-state index contributed by atoms with van der Waals surface area (Å²) in [4.78, 5) is 20.1. The van der Waals surface area contributed by atoms with Gasteiger partial charge in [-0.2, -0.15) is 0 Å². The minimum Gasteiger partial charge on any atom is -0.493 e. The number of hydrogen-bond acceptors (Lipinski definition) is 5. The molecule has 0 fully saturated rings. The van der Waals surface area contributed by atoms with Gasteiger partial charge >= 0.3 is 0 Å². The van der Waals surface area contributed by atoms with Crippen LogP contribution in [0.4, 0.5) is 5.69 Å². The van der Waals surface area contributed by atoms with Crippen molar-refractivity contribution < 1.29 is 14.3 Å². The Kier molecular flexibility index (Phi) is 5.47. The second-order valence-corrected chi connectivity index (χ2v) is 9.81. The Balaban J connectivity index is 1.55. The van der Waals surface area contributed by atoms with Crippen molar-refractivity contribution in [1.82, 2.24) is 4.98 Å². The highest BCUT2D eigenvalue weighted by molar-refractivity contribution is 7.17. The molecule has 0 unspecified atom stereocenters. The van der Waals surface area contributed by atoms with Crippen LogP contribution in [0.1, 0.15) is 36.1 Å². The van der Waals surface area contributed by atoms with Gasteiger partial charge in [0.05, 0.1) is 26.0 Å². The van der Waals surface area contributed by atoms with E-state index in [1.807, 2.05) is 42.5 Å². The number of nitrogens with zero attached hydrogens (tertiary/aromatic N) is 2. The number of benzene rings is 2. The molecule has 0 aliphatic carbocycles. The molecule has 3 aromatic rings. The molecular weight excluding hydrogens is 420 g/mol. The largest absolute Gasteiger partial charge is 0.493 e. The van der Waals surface area contributed by atoms with Crippen LogP contribution >= 0.6 is 22.9 Å². The van der Waals surface area contributed by atoms with Crippen molar-refractivity contribution in [3.8, 4) is 22.1 Å². The predicted octanol–water partition coefficient (Wildman–Crippen LogP) is 6.06. The fraction of sp³-hybridized carbons (Fsp3) is 0.304. The summed E-state index contributed by atoms with van der Waals surface area (Å²) in [5.74, 6) is 1.23. The van der Waals surface area contributed by atoms with E-state index in [1.165, 1.54) is 11.3 Å². The van der Waals surface area contributed by atoms with Crippen LogP contribution in [0.3, 0.4) is 0 Å². The number of carbonyl (C=O) groups excluding carboxylic acids is 1. The lowest BCUT2D eigenvalue weighted by molar-refractivity contribution is 0.1000. The normalized spacial score (nSPS) is 13.5. The van der Waals surface area contributed by atoms with E-state index in [4.69, 9.17) is 26.1 Å². The highest BCUT2D eigenvalue weighted by Gasteiger charge is 2.33. The fourth-order valence-electron chi connectivity index (χ4n) is 3.13. The zero-order valence-electron chi connectivity index (χ0n) is 17.4. The number of halogens is 1. The summed E-state index contributed by atoms with van der Waals surface area (Å²) in [5, 5.41) is 1.50. The molecule has 2 aromatic carbocycles. The van der Waals surface area contributed by atoms with E-state index in [-0.39, 0.29) is 11.3 Å². The summed E-state index contributed by atoms with van der Waals surface area (Å²) in [7, 11) is 1.60. The molecule has 2 heterocycles. The first kappa shape index (κ1) is 20.7. The minimum atomic E-state index is -0.0480. The van der Waals surface area contributed by atoms with Crippen molar-refractivity contribution in [2.75, 3.05) is 18.6 Å². The number of hydrogen-bond donors (Lipinski definition) is 0. The van der Waals surface area contributed by atoms with E-state index < -0.39 is 0 Å². The lowest BCUT2D eigenvalue weighted by Crippen LogP contribution is -2.23. The van der Waals surface area contributed by atoms with Crippen molar-refractivity contribution in [1.29, 1.82) is 0 Å². The predicted molar refractivity (Wildman–Crippen MR) is 121 cm³/mol. The van der Waals surface area contributed by atoms with Crippen LogP contribution in [0.15, 0.2) is 42.5 Å². The number of amides is 1. The summed E-state index contributed by atoms with van der Waals surface area (Å²) in [5.41, 5.74) is 2.55. The number of rotatable bonds is 5. The van der Waals surface area contributed by atoms with Crippen molar-refractivity contribution >= 4 is 34.5 Å². The molecule has 5 nitrogen and oxygen atoms in total. The average molecular weight is 443 g/mol. The zero-order chi connectivity index (χ0) is 21.5. The van der Waals surface area contributed by atoms with Gasteiger partial charge in [0, 0.05) is 22.3 Å². The molecule has 0 bridgehead atoms. The van der Waals surface area contributed by atoms with Crippen molar-refractivity contribution in [2.24, 2.45) is 5.41 Å². The molecule has 0 atom stereocenters. The van der Waals surface area contributed by atoms with Gasteiger partial charge in [-0.15, -0.1) is 11.3 Å². The Hall–Kier alpha value is -2.57. The topological polar surface area (TPSA) is 51.7 Å². The van der Waals surface area contributed by atoms with Gasteiger partial charge in [0.25, 0.3) is 5.91 Å². The number of fused-ring (bicyclic) bond motifs is 1. The maximum atomic E-state index is 13.0. The second-order valence-electron chi connectivity index (χ2n) is 8.38. The molecule has 156 valence electrons. The lowest BCUT2D eigenvalue weighted by Gasteiger charge is -2.21. The number of carbonyl (C=O) groups is 1.